The summed E-state index contributed by atoms with van der Waals surface area (Å²) in [6, 6.07) is 1.70. The van der Waals surface area contributed by atoms with Gasteiger partial charge < -0.3 is 9.80 Å². The molecule has 1 aliphatic heterocycles. The van der Waals surface area contributed by atoms with E-state index >= 15 is 0 Å². The van der Waals surface area contributed by atoms with Crippen LogP contribution in [0.2, 0.25) is 0 Å². The minimum atomic E-state index is -0.179. The minimum absolute atomic E-state index is 0.179. The van der Waals surface area contributed by atoms with Gasteiger partial charge in [0.15, 0.2) is 11.6 Å². The molecule has 0 N–H and O–H groups in total. The predicted octanol–water partition coefficient (Wildman–Crippen LogP) is 1.28. The Balaban J connectivity index is 2.19. The van der Waals surface area contributed by atoms with Gasteiger partial charge >= 0.3 is 0 Å². The molecule has 15 heavy (non-hydrogen) atoms. The van der Waals surface area contributed by atoms with Crippen LogP contribution in [0.15, 0.2) is 12.3 Å². The Morgan fingerprint density at radius 3 is 2.60 bits per heavy atom. The Hall–Kier alpha value is -1.16. The normalized spacial score (nSPS) is 18.2. The highest BCUT2D eigenvalue weighted by Gasteiger charge is 2.18. The number of piperazine rings is 1. The van der Waals surface area contributed by atoms with Crippen LogP contribution < -0.4 is 4.90 Å². The van der Waals surface area contributed by atoms with Crippen LogP contribution in [0.5, 0.6) is 0 Å². The van der Waals surface area contributed by atoms with Crippen LogP contribution in [0.4, 0.5) is 10.2 Å². The highest BCUT2D eigenvalue weighted by molar-refractivity contribution is 5.43. The molecule has 1 fully saturated rings. The van der Waals surface area contributed by atoms with Gasteiger partial charge in [-0.05, 0) is 25.6 Å². The number of likely N-dealkylation sites (N-methyl/N-ethyl adjacent to an activating group) is 1. The van der Waals surface area contributed by atoms with Crippen molar-refractivity contribution in [3.05, 3.63) is 23.6 Å². The van der Waals surface area contributed by atoms with Gasteiger partial charge in [-0.2, -0.15) is 0 Å². The zero-order valence-electron chi connectivity index (χ0n) is 9.20. The molecule has 4 heteroatoms. The van der Waals surface area contributed by atoms with Crippen LogP contribution in [-0.2, 0) is 0 Å². The summed E-state index contributed by atoms with van der Waals surface area (Å²) in [5.74, 6) is 0.324. The number of pyridine rings is 1. The molecule has 0 saturated carbocycles. The molecule has 0 atom stereocenters. The minimum Gasteiger partial charge on any atom is -0.352 e. The third kappa shape index (κ3) is 2.09. The Labute approximate surface area is 89.5 Å². The molecule has 2 heterocycles. The van der Waals surface area contributed by atoms with Crippen LogP contribution in [0.1, 0.15) is 5.56 Å². The number of halogens is 1. The van der Waals surface area contributed by atoms with Gasteiger partial charge in [-0.15, -0.1) is 0 Å². The van der Waals surface area contributed by atoms with Gasteiger partial charge in [-0.3, -0.25) is 0 Å². The van der Waals surface area contributed by atoms with E-state index in [0.29, 0.717) is 11.4 Å². The average Bonchev–Trinajstić information content (AvgIpc) is 2.24. The van der Waals surface area contributed by atoms with Crippen LogP contribution in [-0.4, -0.2) is 43.1 Å². The van der Waals surface area contributed by atoms with Crippen LogP contribution in [0.25, 0.3) is 0 Å². The SMILES string of the molecule is Cc1ccnc(N2CCN(C)CC2)c1F. The van der Waals surface area contributed by atoms with Crippen molar-refractivity contribution in [1.82, 2.24) is 9.88 Å². The van der Waals surface area contributed by atoms with Gasteiger partial charge in [0.1, 0.15) is 0 Å². The number of hydrogen-bond donors (Lipinski definition) is 0. The number of nitrogens with zero attached hydrogens (tertiary/aromatic N) is 3. The van der Waals surface area contributed by atoms with E-state index < -0.39 is 0 Å². The molecular weight excluding hydrogens is 193 g/mol. The topological polar surface area (TPSA) is 19.4 Å². The van der Waals surface area contributed by atoms with Gasteiger partial charge in [0.25, 0.3) is 0 Å². The van der Waals surface area contributed by atoms with E-state index in [-0.39, 0.29) is 5.82 Å². The lowest BCUT2D eigenvalue weighted by Crippen LogP contribution is -2.45. The van der Waals surface area contributed by atoms with Gasteiger partial charge in [0.2, 0.25) is 0 Å². The van der Waals surface area contributed by atoms with Crippen molar-refractivity contribution in [3.63, 3.8) is 0 Å². The number of aromatic nitrogens is 1. The summed E-state index contributed by atoms with van der Waals surface area (Å²) in [5.41, 5.74) is 0.666. The van der Waals surface area contributed by atoms with Crippen LogP contribution in [0, 0.1) is 12.7 Å². The van der Waals surface area contributed by atoms with E-state index in [1.54, 1.807) is 19.2 Å². The summed E-state index contributed by atoms with van der Waals surface area (Å²) < 4.78 is 13.8. The Kier molecular flexibility index (Phi) is 2.86. The van der Waals surface area contributed by atoms with Crippen molar-refractivity contribution in [2.75, 3.05) is 38.1 Å². The molecule has 1 saturated heterocycles. The third-order valence-electron chi connectivity index (χ3n) is 2.87. The zero-order valence-corrected chi connectivity index (χ0v) is 9.20. The highest BCUT2D eigenvalue weighted by Crippen LogP contribution is 2.19. The molecule has 82 valence electrons. The molecule has 0 amide bonds. The predicted molar refractivity (Wildman–Crippen MR) is 58.6 cm³/mol. The van der Waals surface area contributed by atoms with Crippen molar-refractivity contribution >= 4 is 5.82 Å². The molecule has 0 bridgehead atoms. The van der Waals surface area contributed by atoms with E-state index in [0.717, 1.165) is 26.2 Å². The second kappa shape index (κ2) is 4.14. The van der Waals surface area contributed by atoms with Gasteiger partial charge in [-0.25, -0.2) is 9.37 Å². The molecule has 1 aromatic heterocycles. The summed E-state index contributed by atoms with van der Waals surface area (Å²) in [6.45, 7) is 5.41. The second-order valence-corrected chi connectivity index (χ2v) is 4.06. The largest absolute Gasteiger partial charge is 0.352 e. The van der Waals surface area contributed by atoms with Gasteiger partial charge in [-0.1, -0.05) is 0 Å². The van der Waals surface area contributed by atoms with E-state index in [1.807, 2.05) is 4.90 Å². The second-order valence-electron chi connectivity index (χ2n) is 4.06. The number of aryl methyl sites for hydroxylation is 1. The molecule has 0 radical (unpaired) electrons. The molecule has 1 aliphatic rings. The summed E-state index contributed by atoms with van der Waals surface area (Å²) in [7, 11) is 2.08. The highest BCUT2D eigenvalue weighted by atomic mass is 19.1. The van der Waals surface area contributed by atoms with Crippen molar-refractivity contribution in [2.45, 2.75) is 6.92 Å². The first-order valence-electron chi connectivity index (χ1n) is 5.23. The molecule has 0 aliphatic carbocycles. The molecular formula is C11H16FN3. The molecule has 1 aromatic rings. The number of anilines is 1. The number of hydrogen-bond acceptors (Lipinski definition) is 3. The Morgan fingerprint density at radius 2 is 1.93 bits per heavy atom. The van der Waals surface area contributed by atoms with Crippen LogP contribution in [0.3, 0.4) is 0 Å². The van der Waals surface area contributed by atoms with Crippen molar-refractivity contribution in [1.29, 1.82) is 0 Å². The zero-order chi connectivity index (χ0) is 10.8. The summed E-state index contributed by atoms with van der Waals surface area (Å²) in [4.78, 5) is 8.38. The van der Waals surface area contributed by atoms with Gasteiger partial charge in [0, 0.05) is 32.4 Å². The summed E-state index contributed by atoms with van der Waals surface area (Å²) in [5, 5.41) is 0. The first-order valence-corrected chi connectivity index (χ1v) is 5.23. The standard InChI is InChI=1S/C11H16FN3/c1-9-3-4-13-11(10(9)12)15-7-5-14(2)6-8-15/h3-4H,5-8H2,1-2H3. The summed E-state index contributed by atoms with van der Waals surface area (Å²) >= 11 is 0. The van der Waals surface area contributed by atoms with Crippen molar-refractivity contribution < 1.29 is 4.39 Å². The third-order valence-corrected chi connectivity index (χ3v) is 2.87. The summed E-state index contributed by atoms with van der Waals surface area (Å²) in [6.07, 6.45) is 1.67. The van der Waals surface area contributed by atoms with Crippen molar-refractivity contribution in [3.8, 4) is 0 Å². The fourth-order valence-electron chi connectivity index (χ4n) is 1.76. The maximum absolute atomic E-state index is 13.8. The fraction of sp³-hybridized carbons (Fsp3) is 0.545. The first-order chi connectivity index (χ1) is 7.18. The van der Waals surface area contributed by atoms with Crippen molar-refractivity contribution in [2.24, 2.45) is 0 Å². The first kappa shape index (κ1) is 10.4. The maximum Gasteiger partial charge on any atom is 0.168 e. The molecule has 3 nitrogen and oxygen atoms in total. The van der Waals surface area contributed by atoms with E-state index in [4.69, 9.17) is 0 Å². The molecule has 2 rings (SSSR count). The van der Waals surface area contributed by atoms with E-state index in [9.17, 15) is 4.39 Å². The number of rotatable bonds is 1. The Bertz CT molecular complexity index is 346. The monoisotopic (exact) mass is 209 g/mol. The lowest BCUT2D eigenvalue weighted by atomic mass is 10.2. The quantitative estimate of drug-likeness (QED) is 0.694. The lowest BCUT2D eigenvalue weighted by molar-refractivity contribution is 0.310. The van der Waals surface area contributed by atoms with Crippen LogP contribution >= 0.6 is 0 Å². The van der Waals surface area contributed by atoms with Gasteiger partial charge in [0.05, 0.1) is 0 Å². The average molecular weight is 209 g/mol. The fourth-order valence-corrected chi connectivity index (χ4v) is 1.76. The molecule has 0 spiro atoms. The van der Waals surface area contributed by atoms with E-state index in [2.05, 4.69) is 16.9 Å². The molecule has 0 unspecified atom stereocenters. The Morgan fingerprint density at radius 1 is 1.27 bits per heavy atom. The van der Waals surface area contributed by atoms with E-state index in [1.165, 1.54) is 0 Å². The molecule has 0 aromatic carbocycles. The lowest BCUT2D eigenvalue weighted by Gasteiger charge is -2.33. The maximum atomic E-state index is 13.8. The smallest absolute Gasteiger partial charge is 0.168 e.